The van der Waals surface area contributed by atoms with Crippen molar-refractivity contribution in [1.82, 2.24) is 25.3 Å². The second kappa shape index (κ2) is 10.7. The molecule has 0 atom stereocenters. The summed E-state index contributed by atoms with van der Waals surface area (Å²) in [6.07, 6.45) is 1.50. The number of para-hydroxylation sites is 3. The molecule has 0 fully saturated rings. The number of anilines is 1. The lowest BCUT2D eigenvalue weighted by Crippen LogP contribution is -2.23. The summed E-state index contributed by atoms with van der Waals surface area (Å²) in [7, 11) is 0. The van der Waals surface area contributed by atoms with Gasteiger partial charge in [-0.05, 0) is 46.7 Å². The number of nitrogens with one attached hydrogen (secondary N) is 1. The van der Waals surface area contributed by atoms with E-state index in [1.807, 2.05) is 42.5 Å². The second-order valence-corrected chi connectivity index (χ2v) is 8.71. The molecule has 2 aromatic heterocycles. The predicted octanol–water partition coefficient (Wildman–Crippen LogP) is 4.70. The average molecular weight is 536 g/mol. The van der Waals surface area contributed by atoms with Gasteiger partial charge in [0.2, 0.25) is 0 Å². The number of hydrogen-bond donors (Lipinski definition) is 2. The molecule has 1 amide bonds. The summed E-state index contributed by atoms with van der Waals surface area (Å²) in [4.78, 5) is 17.3. The molecule has 3 N–H and O–H groups in total. The summed E-state index contributed by atoms with van der Waals surface area (Å²) in [6.45, 7) is 0.149. The Morgan fingerprint density at radius 3 is 2.73 bits per heavy atom. The van der Waals surface area contributed by atoms with E-state index in [9.17, 15) is 4.79 Å². The number of nitrogens with zero attached hydrogens (tertiary/aromatic N) is 5. The highest BCUT2D eigenvalue weighted by Crippen LogP contribution is 2.27. The van der Waals surface area contributed by atoms with Gasteiger partial charge in [-0.2, -0.15) is 5.10 Å². The molecule has 0 spiro atoms. The number of benzene rings is 3. The fourth-order valence-corrected chi connectivity index (χ4v) is 4.10. The van der Waals surface area contributed by atoms with Crippen molar-refractivity contribution in [2.45, 2.75) is 13.2 Å². The zero-order chi connectivity index (χ0) is 25.8. The number of aromatic nitrogens is 4. The number of hydrazone groups is 1. The van der Waals surface area contributed by atoms with Gasteiger partial charge in [0.15, 0.2) is 17.3 Å². The highest BCUT2D eigenvalue weighted by Gasteiger charge is 2.20. The van der Waals surface area contributed by atoms with E-state index in [1.54, 1.807) is 28.8 Å². The Hall–Kier alpha value is -4.41. The van der Waals surface area contributed by atoms with Gasteiger partial charge in [0.05, 0.1) is 17.2 Å². The summed E-state index contributed by atoms with van der Waals surface area (Å²) in [5.74, 6) is 0.621. The van der Waals surface area contributed by atoms with Crippen LogP contribution in [0.25, 0.3) is 22.6 Å². The van der Waals surface area contributed by atoms with Crippen molar-refractivity contribution >= 4 is 52.2 Å². The van der Waals surface area contributed by atoms with Crippen molar-refractivity contribution in [1.29, 1.82) is 0 Å². The number of halogens is 2. The van der Waals surface area contributed by atoms with E-state index in [2.05, 4.69) is 25.8 Å². The number of carbonyl (C=O) groups is 1. The minimum atomic E-state index is -0.387. The minimum Gasteiger partial charge on any atom is -0.488 e. The van der Waals surface area contributed by atoms with E-state index in [4.69, 9.17) is 38.3 Å². The van der Waals surface area contributed by atoms with Crippen LogP contribution in [0.5, 0.6) is 5.75 Å². The minimum absolute atomic E-state index is 0.0754. The highest BCUT2D eigenvalue weighted by atomic mass is 35.5. The Kier molecular flexibility index (Phi) is 7.02. The van der Waals surface area contributed by atoms with Crippen molar-refractivity contribution in [2.24, 2.45) is 5.10 Å². The summed E-state index contributed by atoms with van der Waals surface area (Å²) < 4.78 is 12.3. The van der Waals surface area contributed by atoms with Gasteiger partial charge in [-0.1, -0.05) is 53.5 Å². The van der Waals surface area contributed by atoms with Gasteiger partial charge >= 0.3 is 0 Å². The lowest BCUT2D eigenvalue weighted by molar-refractivity contribution is -0.121. The molecule has 0 saturated carbocycles. The van der Waals surface area contributed by atoms with Crippen LogP contribution in [0.4, 0.5) is 5.82 Å². The van der Waals surface area contributed by atoms with Crippen LogP contribution >= 0.6 is 23.2 Å². The summed E-state index contributed by atoms with van der Waals surface area (Å²) in [5.41, 5.74) is 11.5. The molecule has 2 heterocycles. The van der Waals surface area contributed by atoms with Crippen molar-refractivity contribution in [3.05, 3.63) is 87.9 Å². The molecule has 0 saturated heterocycles. The molecule has 3 aromatic carbocycles. The quantitative estimate of drug-likeness (QED) is 0.217. The van der Waals surface area contributed by atoms with Gasteiger partial charge < -0.3 is 15.0 Å². The van der Waals surface area contributed by atoms with Crippen LogP contribution in [0.1, 0.15) is 11.1 Å². The second-order valence-electron chi connectivity index (χ2n) is 7.86. The Bertz CT molecular complexity index is 1610. The molecule has 0 aliphatic heterocycles. The van der Waals surface area contributed by atoms with Gasteiger partial charge in [0.1, 0.15) is 18.9 Å². The van der Waals surface area contributed by atoms with E-state index in [0.29, 0.717) is 32.7 Å². The molecular weight excluding hydrogens is 517 g/mol. The third kappa shape index (κ3) is 5.40. The fourth-order valence-electron chi connectivity index (χ4n) is 3.63. The fraction of sp³-hybridized carbons (Fsp3) is 0.0800. The maximum atomic E-state index is 12.8. The first-order valence-electron chi connectivity index (χ1n) is 11.0. The van der Waals surface area contributed by atoms with Gasteiger partial charge in [-0.3, -0.25) is 4.79 Å². The topological polar surface area (TPSA) is 133 Å². The Balaban J connectivity index is 1.29. The molecule has 5 rings (SSSR count). The number of nitrogens with two attached hydrogens (primary N) is 1. The first-order chi connectivity index (χ1) is 18.0. The van der Waals surface area contributed by atoms with Crippen molar-refractivity contribution in [3.8, 4) is 17.3 Å². The van der Waals surface area contributed by atoms with Crippen LogP contribution < -0.4 is 15.9 Å². The van der Waals surface area contributed by atoms with E-state index in [0.717, 1.165) is 11.1 Å². The van der Waals surface area contributed by atoms with E-state index in [-0.39, 0.29) is 30.6 Å². The van der Waals surface area contributed by atoms with Crippen molar-refractivity contribution in [3.63, 3.8) is 0 Å². The first-order valence-corrected chi connectivity index (χ1v) is 11.8. The molecule has 0 unspecified atom stereocenters. The number of amides is 1. The number of carbonyl (C=O) groups excluding carboxylic acids is 1. The van der Waals surface area contributed by atoms with Crippen molar-refractivity contribution in [2.75, 3.05) is 5.73 Å². The van der Waals surface area contributed by atoms with Gasteiger partial charge in [-0.15, -0.1) is 0 Å². The molecule has 10 nitrogen and oxygen atoms in total. The maximum Gasteiger partial charge on any atom is 0.260 e. The maximum absolute atomic E-state index is 12.8. The van der Waals surface area contributed by atoms with Crippen LogP contribution in [0.2, 0.25) is 10.0 Å². The summed E-state index contributed by atoms with van der Waals surface area (Å²) >= 11 is 12.2. The van der Waals surface area contributed by atoms with E-state index in [1.165, 1.54) is 6.21 Å². The highest BCUT2D eigenvalue weighted by molar-refractivity contribution is 6.35. The van der Waals surface area contributed by atoms with E-state index < -0.39 is 0 Å². The van der Waals surface area contributed by atoms with Gasteiger partial charge in [0.25, 0.3) is 5.91 Å². The number of fused-ring (bicyclic) bond motifs is 1. The number of rotatable bonds is 8. The molecule has 0 aliphatic carbocycles. The number of imidazole rings is 1. The number of nitrogen functional groups attached to an aromatic ring is 1. The molecule has 37 heavy (non-hydrogen) atoms. The zero-order valence-corrected chi connectivity index (χ0v) is 20.6. The zero-order valence-electron chi connectivity index (χ0n) is 19.1. The summed E-state index contributed by atoms with van der Waals surface area (Å²) in [6, 6.07) is 19.9. The molecule has 0 bridgehead atoms. The van der Waals surface area contributed by atoms with Crippen LogP contribution in [-0.4, -0.2) is 32.0 Å². The van der Waals surface area contributed by atoms with Gasteiger partial charge in [-0.25, -0.2) is 15.0 Å². The Labute approximate surface area is 220 Å². The average Bonchev–Trinajstić information content (AvgIpc) is 3.47. The predicted molar refractivity (Wildman–Crippen MR) is 140 cm³/mol. The standard InChI is InChI=1S/C25H19Cl2N7O3/c26-17-10-9-16(18(27)11-17)14-36-21-8-4-1-5-15(21)12-29-31-22(35)13-34-20-7-3-2-6-19(20)30-25(34)23-24(28)33-37-32-23/h1-12H,13-14H2,(H2,28,33)(H,31,35). The van der Waals surface area contributed by atoms with Crippen LogP contribution in [0.15, 0.2) is 76.5 Å². The monoisotopic (exact) mass is 535 g/mol. The SMILES string of the molecule is Nc1nonc1-c1nc2ccccc2n1CC(=O)NN=Cc1ccccc1OCc1ccc(Cl)cc1Cl. The normalized spacial score (nSPS) is 11.3. The van der Waals surface area contributed by atoms with E-state index >= 15 is 0 Å². The number of hydrogen-bond acceptors (Lipinski definition) is 8. The first kappa shape index (κ1) is 24.3. The Morgan fingerprint density at radius 2 is 1.92 bits per heavy atom. The molecule has 12 heteroatoms. The largest absolute Gasteiger partial charge is 0.488 e. The lowest BCUT2D eigenvalue weighted by Gasteiger charge is -2.10. The lowest BCUT2D eigenvalue weighted by atomic mass is 10.2. The molecule has 0 aliphatic rings. The van der Waals surface area contributed by atoms with Crippen molar-refractivity contribution < 1.29 is 14.2 Å². The number of ether oxygens (including phenoxy) is 1. The molecule has 5 aromatic rings. The summed E-state index contributed by atoms with van der Waals surface area (Å²) in [5, 5.41) is 12.6. The van der Waals surface area contributed by atoms with Crippen LogP contribution in [0, 0.1) is 0 Å². The smallest absolute Gasteiger partial charge is 0.260 e. The molecular formula is C25H19Cl2N7O3. The molecule has 0 radical (unpaired) electrons. The van der Waals surface area contributed by atoms with Crippen LogP contribution in [-0.2, 0) is 17.9 Å². The third-order valence-corrected chi connectivity index (χ3v) is 5.98. The van der Waals surface area contributed by atoms with Crippen LogP contribution in [0.3, 0.4) is 0 Å². The third-order valence-electron chi connectivity index (χ3n) is 5.39. The Morgan fingerprint density at radius 1 is 1.11 bits per heavy atom. The van der Waals surface area contributed by atoms with Gasteiger partial charge in [0, 0.05) is 21.2 Å². The molecule has 186 valence electrons.